The van der Waals surface area contributed by atoms with E-state index >= 15 is 0 Å². The van der Waals surface area contributed by atoms with Gasteiger partial charge in [0.25, 0.3) is 0 Å². The van der Waals surface area contributed by atoms with Crippen LogP contribution < -0.4 is 10.2 Å². The van der Waals surface area contributed by atoms with Crippen molar-refractivity contribution in [2.24, 2.45) is 4.99 Å². The summed E-state index contributed by atoms with van der Waals surface area (Å²) >= 11 is 0. The molecule has 6 nitrogen and oxygen atoms in total. The highest BCUT2D eigenvalue weighted by atomic mass is 127. The Morgan fingerprint density at radius 2 is 1.76 bits per heavy atom. The van der Waals surface area contributed by atoms with Crippen LogP contribution in [-0.2, 0) is 11.3 Å². The Morgan fingerprint density at radius 1 is 1.14 bits per heavy atom. The summed E-state index contributed by atoms with van der Waals surface area (Å²) in [5.74, 6) is 0.687. The Morgan fingerprint density at radius 3 is 2.31 bits per heavy atom. The second kappa shape index (κ2) is 12.7. The molecular formula is C22H36IN5O. The molecule has 162 valence electrons. The van der Waals surface area contributed by atoms with Gasteiger partial charge in [-0.25, -0.2) is 4.99 Å². The maximum absolute atomic E-state index is 11.9. The van der Waals surface area contributed by atoms with Gasteiger partial charge < -0.3 is 20.0 Å². The van der Waals surface area contributed by atoms with E-state index in [1.807, 2.05) is 18.9 Å². The van der Waals surface area contributed by atoms with Crippen LogP contribution in [0.4, 0.5) is 5.69 Å². The Bertz CT molecular complexity index is 681. The molecule has 1 N–H and O–H groups in total. The van der Waals surface area contributed by atoms with Gasteiger partial charge in [-0.15, -0.1) is 24.0 Å². The van der Waals surface area contributed by atoms with E-state index in [0.29, 0.717) is 12.5 Å². The standard InChI is InChI=1S/C22H35N5O.HI/c1-18(2)15-23-22(24-16-21(28)25(3)4)26(5)17-19-9-11-20(12-10-19)27-13-7-6-8-14-27;/h9-12H,1,6-8,13-17H2,2-5H3,(H,23,24);1H. The van der Waals surface area contributed by atoms with E-state index in [0.717, 1.165) is 25.2 Å². The van der Waals surface area contributed by atoms with Crippen LogP contribution in [0.5, 0.6) is 0 Å². The second-order valence-electron chi connectivity index (χ2n) is 7.81. The van der Waals surface area contributed by atoms with Crippen LogP contribution in [-0.4, -0.2) is 69.0 Å². The van der Waals surface area contributed by atoms with E-state index in [4.69, 9.17) is 0 Å². The molecule has 1 saturated heterocycles. The number of hydrogen-bond donors (Lipinski definition) is 1. The van der Waals surface area contributed by atoms with Crippen LogP contribution in [0.3, 0.4) is 0 Å². The van der Waals surface area contributed by atoms with Gasteiger partial charge in [-0.1, -0.05) is 24.3 Å². The summed E-state index contributed by atoms with van der Waals surface area (Å²) in [6.45, 7) is 9.69. The Labute approximate surface area is 193 Å². The third-order valence-electron chi connectivity index (χ3n) is 4.85. The summed E-state index contributed by atoms with van der Waals surface area (Å²) in [5, 5.41) is 3.29. The van der Waals surface area contributed by atoms with Gasteiger partial charge in [0.2, 0.25) is 5.91 Å². The molecule has 1 amide bonds. The van der Waals surface area contributed by atoms with Crippen molar-refractivity contribution < 1.29 is 4.79 Å². The fraction of sp³-hybridized carbons (Fsp3) is 0.545. The van der Waals surface area contributed by atoms with E-state index in [-0.39, 0.29) is 36.4 Å². The lowest BCUT2D eigenvalue weighted by Gasteiger charge is -2.29. The van der Waals surface area contributed by atoms with Crippen molar-refractivity contribution in [1.82, 2.24) is 15.1 Å². The molecule has 1 aliphatic heterocycles. The highest BCUT2D eigenvalue weighted by molar-refractivity contribution is 14.0. The predicted molar refractivity (Wildman–Crippen MR) is 133 cm³/mol. The molecule has 1 fully saturated rings. The molecule has 2 rings (SSSR count). The maximum Gasteiger partial charge on any atom is 0.243 e. The number of carbonyl (C=O) groups is 1. The molecule has 0 aliphatic carbocycles. The number of nitrogens with one attached hydrogen (secondary N) is 1. The number of carbonyl (C=O) groups excluding carboxylic acids is 1. The average molecular weight is 513 g/mol. The number of piperidine rings is 1. The third-order valence-corrected chi connectivity index (χ3v) is 4.85. The quantitative estimate of drug-likeness (QED) is 0.263. The number of likely N-dealkylation sites (N-methyl/N-ethyl adjacent to an activating group) is 1. The largest absolute Gasteiger partial charge is 0.372 e. The van der Waals surface area contributed by atoms with E-state index < -0.39 is 0 Å². The molecule has 1 aromatic rings. The van der Waals surface area contributed by atoms with E-state index in [1.165, 1.54) is 30.5 Å². The van der Waals surface area contributed by atoms with Gasteiger partial charge in [-0.05, 0) is 43.9 Å². The molecule has 1 aromatic carbocycles. The van der Waals surface area contributed by atoms with Crippen molar-refractivity contribution in [3.05, 3.63) is 42.0 Å². The lowest BCUT2D eigenvalue weighted by Crippen LogP contribution is -2.40. The molecule has 0 saturated carbocycles. The lowest BCUT2D eigenvalue weighted by molar-refractivity contribution is -0.127. The number of rotatable bonds is 7. The van der Waals surface area contributed by atoms with E-state index in [2.05, 4.69) is 46.1 Å². The first-order chi connectivity index (χ1) is 13.4. The number of halogens is 1. The molecule has 0 aromatic heterocycles. The van der Waals surface area contributed by atoms with E-state index in [9.17, 15) is 4.79 Å². The van der Waals surface area contributed by atoms with Crippen molar-refractivity contribution in [2.45, 2.75) is 32.7 Å². The van der Waals surface area contributed by atoms with Crippen LogP contribution in [0.25, 0.3) is 0 Å². The molecule has 0 radical (unpaired) electrons. The number of anilines is 1. The molecule has 0 bridgehead atoms. The second-order valence-corrected chi connectivity index (χ2v) is 7.81. The Kier molecular flexibility index (Phi) is 11.1. The van der Waals surface area contributed by atoms with Gasteiger partial charge in [0.05, 0.1) is 0 Å². The predicted octanol–water partition coefficient (Wildman–Crippen LogP) is 3.34. The van der Waals surface area contributed by atoms with Crippen molar-refractivity contribution in [2.75, 3.05) is 52.2 Å². The van der Waals surface area contributed by atoms with Crippen LogP contribution in [0, 0.1) is 0 Å². The van der Waals surface area contributed by atoms with Gasteiger partial charge in [-0.3, -0.25) is 4.79 Å². The summed E-state index contributed by atoms with van der Waals surface area (Å²) in [4.78, 5) is 22.5. The zero-order valence-electron chi connectivity index (χ0n) is 18.3. The first kappa shape index (κ1) is 25.3. The number of hydrogen-bond acceptors (Lipinski definition) is 3. The molecule has 1 heterocycles. The van der Waals surface area contributed by atoms with Crippen molar-refractivity contribution >= 4 is 41.5 Å². The Balaban J connectivity index is 0.00000420. The van der Waals surface area contributed by atoms with Crippen molar-refractivity contribution in [3.8, 4) is 0 Å². The van der Waals surface area contributed by atoms with Gasteiger partial charge in [0.1, 0.15) is 6.54 Å². The smallest absolute Gasteiger partial charge is 0.243 e. The normalized spacial score (nSPS) is 14.1. The summed E-state index contributed by atoms with van der Waals surface area (Å²) < 4.78 is 0. The van der Waals surface area contributed by atoms with Gasteiger partial charge in [0.15, 0.2) is 5.96 Å². The molecule has 1 aliphatic rings. The van der Waals surface area contributed by atoms with Crippen molar-refractivity contribution in [3.63, 3.8) is 0 Å². The zero-order chi connectivity index (χ0) is 20.5. The summed E-state index contributed by atoms with van der Waals surface area (Å²) in [6, 6.07) is 8.79. The molecule has 0 unspecified atom stereocenters. The fourth-order valence-electron chi connectivity index (χ4n) is 3.14. The Hall–Kier alpha value is -1.77. The summed E-state index contributed by atoms with van der Waals surface area (Å²) in [5.41, 5.74) is 3.54. The summed E-state index contributed by atoms with van der Waals surface area (Å²) in [6.07, 6.45) is 3.91. The minimum Gasteiger partial charge on any atom is -0.372 e. The van der Waals surface area contributed by atoms with Crippen LogP contribution >= 0.6 is 24.0 Å². The molecule has 7 heteroatoms. The highest BCUT2D eigenvalue weighted by Crippen LogP contribution is 2.20. The molecule has 29 heavy (non-hydrogen) atoms. The van der Waals surface area contributed by atoms with Crippen LogP contribution in [0.15, 0.2) is 41.4 Å². The fourth-order valence-corrected chi connectivity index (χ4v) is 3.14. The van der Waals surface area contributed by atoms with Gasteiger partial charge in [-0.2, -0.15) is 0 Å². The van der Waals surface area contributed by atoms with Crippen molar-refractivity contribution in [1.29, 1.82) is 0 Å². The summed E-state index contributed by atoms with van der Waals surface area (Å²) in [7, 11) is 5.47. The van der Waals surface area contributed by atoms with Gasteiger partial charge >= 0.3 is 0 Å². The van der Waals surface area contributed by atoms with Crippen LogP contribution in [0.2, 0.25) is 0 Å². The number of benzene rings is 1. The van der Waals surface area contributed by atoms with Gasteiger partial charge in [0, 0.05) is 53.0 Å². The average Bonchev–Trinajstić information content (AvgIpc) is 2.68. The minimum absolute atomic E-state index is 0. The van der Waals surface area contributed by atoms with Crippen LogP contribution in [0.1, 0.15) is 31.7 Å². The number of guanidine groups is 1. The minimum atomic E-state index is -0.0195. The highest BCUT2D eigenvalue weighted by Gasteiger charge is 2.12. The number of aliphatic imine (C=N–C) groups is 1. The third kappa shape index (κ3) is 8.64. The lowest BCUT2D eigenvalue weighted by atomic mass is 10.1. The topological polar surface area (TPSA) is 51.2 Å². The SMILES string of the molecule is C=C(C)CNC(=NCC(=O)N(C)C)N(C)Cc1ccc(N2CCCCC2)cc1.I. The molecule has 0 spiro atoms. The number of nitrogens with zero attached hydrogens (tertiary/aromatic N) is 4. The first-order valence-electron chi connectivity index (χ1n) is 10.0. The zero-order valence-corrected chi connectivity index (χ0v) is 20.6. The number of amides is 1. The molecular weight excluding hydrogens is 477 g/mol. The monoisotopic (exact) mass is 513 g/mol. The van der Waals surface area contributed by atoms with E-state index in [1.54, 1.807) is 19.0 Å². The first-order valence-corrected chi connectivity index (χ1v) is 10.0. The molecule has 0 atom stereocenters. The maximum atomic E-state index is 11.9.